The summed E-state index contributed by atoms with van der Waals surface area (Å²) in [4.78, 5) is 19.6. The van der Waals surface area contributed by atoms with Gasteiger partial charge in [-0.15, -0.1) is 0 Å². The van der Waals surface area contributed by atoms with Gasteiger partial charge in [-0.25, -0.2) is 0 Å². The normalized spacial score (nSPS) is 8.44. The summed E-state index contributed by atoms with van der Waals surface area (Å²) in [6.07, 6.45) is 0.780. The van der Waals surface area contributed by atoms with Gasteiger partial charge in [-0.3, -0.25) is 9.59 Å². The molecule has 9 heavy (non-hydrogen) atoms. The van der Waals surface area contributed by atoms with Crippen LogP contribution in [0.3, 0.4) is 0 Å². The summed E-state index contributed by atoms with van der Waals surface area (Å²) in [7, 11) is 0. The first-order valence-electron chi connectivity index (χ1n) is 2.61. The van der Waals surface area contributed by atoms with Crippen molar-refractivity contribution in [1.29, 1.82) is 0 Å². The highest BCUT2D eigenvalue weighted by molar-refractivity contribution is 5.73. The van der Waals surface area contributed by atoms with Crippen molar-refractivity contribution >= 4 is 12.4 Å². The van der Waals surface area contributed by atoms with Gasteiger partial charge in [-0.05, 0) is 6.42 Å². The Hall–Kier alpha value is -1.06. The number of hydrogen-bond acceptors (Lipinski definition) is 3. The molecule has 4 nitrogen and oxygen atoms in total. The number of carbonyl (C=O) groups excluding carboxylic acids is 2. The fraction of sp³-hybridized carbons (Fsp3) is 0.600. The van der Waals surface area contributed by atoms with E-state index in [4.69, 9.17) is 5.73 Å². The molecule has 2 N–H and O–H groups in total. The molecule has 0 bridgehead atoms. The average molecular weight is 131 g/mol. The first kappa shape index (κ1) is 7.94. The van der Waals surface area contributed by atoms with E-state index < -0.39 is 0 Å². The van der Waals surface area contributed by atoms with E-state index in [1.54, 1.807) is 0 Å². The van der Waals surface area contributed by atoms with Crippen LogP contribution in [0.1, 0.15) is 12.8 Å². The number of primary amides is 1. The molecule has 52 valence electrons. The first-order valence-corrected chi connectivity index (χ1v) is 2.61. The number of rotatable bonds is 5. The van der Waals surface area contributed by atoms with Crippen molar-refractivity contribution in [3.63, 3.8) is 0 Å². The molecule has 4 heteroatoms. The number of nitrogens with two attached hydrogens (primary N) is 1. The SMILES string of the molecule is NC(=O)CCCOC=O. The summed E-state index contributed by atoms with van der Waals surface area (Å²) in [5.41, 5.74) is 4.79. The molecule has 0 saturated heterocycles. The molecule has 0 radical (unpaired) electrons. The van der Waals surface area contributed by atoms with Crippen LogP contribution < -0.4 is 5.73 Å². The lowest BCUT2D eigenvalue weighted by Crippen LogP contribution is -2.10. The molecule has 0 aromatic rings. The van der Waals surface area contributed by atoms with Gasteiger partial charge >= 0.3 is 0 Å². The van der Waals surface area contributed by atoms with Gasteiger partial charge in [0.15, 0.2) is 0 Å². The van der Waals surface area contributed by atoms with Gasteiger partial charge in [0.25, 0.3) is 6.47 Å². The van der Waals surface area contributed by atoms with Crippen LogP contribution in [-0.2, 0) is 14.3 Å². The fourth-order valence-electron chi connectivity index (χ4n) is 0.378. The summed E-state index contributed by atoms with van der Waals surface area (Å²) in [6, 6.07) is 0. The molecular weight excluding hydrogens is 122 g/mol. The molecule has 0 aliphatic heterocycles. The van der Waals surface area contributed by atoms with Crippen LogP contribution in [0, 0.1) is 0 Å². The third-order valence-electron chi connectivity index (χ3n) is 0.753. The minimum absolute atomic E-state index is 0.270. The molecule has 0 atom stereocenters. The molecule has 0 aliphatic carbocycles. The van der Waals surface area contributed by atoms with E-state index in [0.29, 0.717) is 12.9 Å². The predicted octanol–water partition coefficient (Wildman–Crippen LogP) is -0.575. The number of carbonyl (C=O) groups is 2. The van der Waals surface area contributed by atoms with Gasteiger partial charge in [0.05, 0.1) is 6.61 Å². The minimum Gasteiger partial charge on any atom is -0.468 e. The third kappa shape index (κ3) is 6.94. The molecular formula is C5H9NO3. The van der Waals surface area contributed by atoms with Crippen LogP contribution in [0.25, 0.3) is 0 Å². The zero-order chi connectivity index (χ0) is 7.11. The Labute approximate surface area is 53.0 Å². The average Bonchev–Trinajstić information content (AvgIpc) is 1.80. The van der Waals surface area contributed by atoms with Crippen LogP contribution in [0.5, 0.6) is 0 Å². The maximum absolute atomic E-state index is 10.0. The van der Waals surface area contributed by atoms with Crippen LogP contribution in [0.4, 0.5) is 0 Å². The lowest BCUT2D eigenvalue weighted by atomic mass is 10.3. The smallest absolute Gasteiger partial charge is 0.293 e. The van der Waals surface area contributed by atoms with Crippen molar-refractivity contribution in [1.82, 2.24) is 0 Å². The van der Waals surface area contributed by atoms with Crippen molar-refractivity contribution < 1.29 is 14.3 Å². The summed E-state index contributed by atoms with van der Waals surface area (Å²) < 4.78 is 4.30. The molecule has 0 heterocycles. The molecule has 0 aromatic heterocycles. The van der Waals surface area contributed by atoms with Gasteiger partial charge in [0.1, 0.15) is 0 Å². The standard InChI is InChI=1S/C5H9NO3/c6-5(8)2-1-3-9-4-7/h4H,1-3H2,(H2,6,8). The second-order valence-electron chi connectivity index (χ2n) is 1.54. The largest absolute Gasteiger partial charge is 0.468 e. The van der Waals surface area contributed by atoms with Crippen LogP contribution in [-0.4, -0.2) is 19.0 Å². The van der Waals surface area contributed by atoms with E-state index >= 15 is 0 Å². The highest BCUT2D eigenvalue weighted by atomic mass is 16.5. The highest BCUT2D eigenvalue weighted by Gasteiger charge is 1.92. The summed E-state index contributed by atoms with van der Waals surface area (Å²) in [5, 5.41) is 0. The summed E-state index contributed by atoms with van der Waals surface area (Å²) in [6.45, 7) is 0.618. The molecule has 1 amide bonds. The van der Waals surface area contributed by atoms with E-state index in [-0.39, 0.29) is 18.9 Å². The Morgan fingerprint density at radius 3 is 2.78 bits per heavy atom. The van der Waals surface area contributed by atoms with Gasteiger partial charge in [0, 0.05) is 6.42 Å². The zero-order valence-electron chi connectivity index (χ0n) is 5.00. The fourth-order valence-corrected chi connectivity index (χ4v) is 0.378. The monoisotopic (exact) mass is 131 g/mol. The predicted molar refractivity (Wildman–Crippen MR) is 30.4 cm³/mol. The summed E-state index contributed by atoms with van der Waals surface area (Å²) in [5.74, 6) is -0.371. The zero-order valence-corrected chi connectivity index (χ0v) is 5.00. The Bertz CT molecular complexity index is 102. The van der Waals surface area contributed by atoms with Crippen molar-refractivity contribution in [2.45, 2.75) is 12.8 Å². The van der Waals surface area contributed by atoms with Crippen LogP contribution in [0.2, 0.25) is 0 Å². The van der Waals surface area contributed by atoms with Crippen molar-refractivity contribution in [2.75, 3.05) is 6.61 Å². The quantitative estimate of drug-likeness (QED) is 0.401. The molecule has 0 fully saturated rings. The molecule has 0 saturated carbocycles. The van der Waals surface area contributed by atoms with Crippen molar-refractivity contribution in [3.05, 3.63) is 0 Å². The van der Waals surface area contributed by atoms with E-state index in [9.17, 15) is 9.59 Å². The lowest BCUT2D eigenvalue weighted by molar-refractivity contribution is -0.129. The van der Waals surface area contributed by atoms with E-state index in [1.807, 2.05) is 0 Å². The number of amides is 1. The van der Waals surface area contributed by atoms with Crippen molar-refractivity contribution in [2.24, 2.45) is 5.73 Å². The lowest BCUT2D eigenvalue weighted by Gasteiger charge is -1.93. The molecule has 0 aliphatic rings. The Kier molecular flexibility index (Phi) is 4.49. The number of ether oxygens (including phenoxy) is 1. The molecule has 0 spiro atoms. The van der Waals surface area contributed by atoms with Crippen molar-refractivity contribution in [3.8, 4) is 0 Å². The van der Waals surface area contributed by atoms with Crippen LogP contribution >= 0.6 is 0 Å². The molecule has 0 aromatic carbocycles. The topological polar surface area (TPSA) is 69.4 Å². The molecule has 0 rings (SSSR count). The van der Waals surface area contributed by atoms with Gasteiger partial charge in [-0.1, -0.05) is 0 Å². The van der Waals surface area contributed by atoms with Gasteiger partial charge in [0.2, 0.25) is 5.91 Å². The molecule has 0 unspecified atom stereocenters. The highest BCUT2D eigenvalue weighted by Crippen LogP contribution is 1.85. The maximum atomic E-state index is 10.0. The second-order valence-corrected chi connectivity index (χ2v) is 1.54. The van der Waals surface area contributed by atoms with Crippen LogP contribution in [0.15, 0.2) is 0 Å². The third-order valence-corrected chi connectivity index (χ3v) is 0.753. The maximum Gasteiger partial charge on any atom is 0.293 e. The van der Waals surface area contributed by atoms with E-state index in [1.165, 1.54) is 0 Å². The van der Waals surface area contributed by atoms with Gasteiger partial charge < -0.3 is 10.5 Å². The Morgan fingerprint density at radius 1 is 1.67 bits per heavy atom. The van der Waals surface area contributed by atoms with E-state index in [0.717, 1.165) is 0 Å². The number of hydrogen-bond donors (Lipinski definition) is 1. The summed E-state index contributed by atoms with van der Waals surface area (Å²) >= 11 is 0. The Balaban J connectivity index is 2.91. The first-order chi connectivity index (χ1) is 4.27. The Morgan fingerprint density at radius 2 is 2.33 bits per heavy atom. The van der Waals surface area contributed by atoms with Gasteiger partial charge in [-0.2, -0.15) is 0 Å². The minimum atomic E-state index is -0.371. The van der Waals surface area contributed by atoms with E-state index in [2.05, 4.69) is 4.74 Å². The second kappa shape index (κ2) is 5.08.